The van der Waals surface area contributed by atoms with Gasteiger partial charge in [-0.05, 0) is 43.4 Å². The van der Waals surface area contributed by atoms with Gasteiger partial charge < -0.3 is 27.6 Å². The number of aryl methyl sites for hydroxylation is 1. The van der Waals surface area contributed by atoms with Gasteiger partial charge in [0.05, 0.1) is 5.69 Å². The third kappa shape index (κ3) is 3.96. The third-order valence-electron chi connectivity index (χ3n) is 3.39. The molecule has 0 aliphatic carbocycles. The van der Waals surface area contributed by atoms with E-state index in [2.05, 4.69) is 9.97 Å². The molecule has 0 radical (unpaired) electrons. The van der Waals surface area contributed by atoms with E-state index in [1.807, 2.05) is 12.1 Å². The Morgan fingerprint density at radius 2 is 1.50 bits per heavy atom. The van der Waals surface area contributed by atoms with Crippen LogP contribution in [0.2, 0.25) is 0 Å². The average Bonchev–Trinajstić information content (AvgIpc) is 2.46. The number of hydrogen-bond donors (Lipinski definition) is 4. The summed E-state index contributed by atoms with van der Waals surface area (Å²) in [6.07, 6.45) is 3.32. The van der Waals surface area contributed by atoms with Gasteiger partial charge in [-0.1, -0.05) is 12.1 Å². The first kappa shape index (κ1) is 15.8. The van der Waals surface area contributed by atoms with Gasteiger partial charge in [0.2, 0.25) is 5.95 Å². The molecule has 0 aliphatic rings. The highest BCUT2D eigenvalue weighted by molar-refractivity contribution is 5.55. The molecule has 1 aromatic carbocycles. The van der Waals surface area contributed by atoms with E-state index in [0.717, 1.165) is 30.4 Å². The molecule has 0 saturated heterocycles. The predicted molar refractivity (Wildman–Crippen MR) is 86.0 cm³/mol. The van der Waals surface area contributed by atoms with Crippen molar-refractivity contribution in [2.75, 3.05) is 22.4 Å². The minimum Gasteiger partial charge on any atom is -0.733 e. The van der Waals surface area contributed by atoms with E-state index in [4.69, 9.17) is 22.4 Å². The largest absolute Gasteiger partial charge is 0.733 e. The second kappa shape index (κ2) is 6.92. The fraction of sp³-hybridized carbons (Fsp3) is 0.286. The van der Waals surface area contributed by atoms with E-state index in [1.165, 1.54) is 0 Å². The Balaban J connectivity index is 1.85. The molecule has 8 nitrogen and oxygen atoms in total. The van der Waals surface area contributed by atoms with Gasteiger partial charge in [-0.15, -0.1) is 0 Å². The Kier molecular flexibility index (Phi) is 4.97. The zero-order chi connectivity index (χ0) is 16.1. The summed E-state index contributed by atoms with van der Waals surface area (Å²) in [7, 11) is 0. The van der Waals surface area contributed by atoms with E-state index < -0.39 is 0 Å². The van der Waals surface area contributed by atoms with Gasteiger partial charge in [0, 0.05) is 5.56 Å². The standard InChI is InChI=1S/C14H19N6O2/c15-12-11(13(16)19-14(17)18-12)4-2-1-3-9-5-7-10(8-6-9)20(21)22/h5-8,21H,1-4H2,(H6,15,16,17,18,19)/q-1. The highest BCUT2D eigenvalue weighted by Crippen LogP contribution is 2.20. The smallest absolute Gasteiger partial charge is 0.223 e. The molecular formula is C14H19N6O2-. The second-order valence-electron chi connectivity index (χ2n) is 4.98. The SMILES string of the molecule is Nc1nc(N)c(CCCCc2ccc(N([O-])O)cc2)c(N)n1. The predicted octanol–water partition coefficient (Wildman–Crippen LogP) is 1.48. The Bertz CT molecular complexity index is 607. The van der Waals surface area contributed by atoms with E-state index in [-0.39, 0.29) is 16.9 Å². The molecule has 2 rings (SSSR count). The maximum atomic E-state index is 10.7. The van der Waals surface area contributed by atoms with Crippen molar-refractivity contribution in [1.29, 1.82) is 0 Å². The molecule has 0 unspecified atom stereocenters. The minimum atomic E-state index is -0.156. The fourth-order valence-corrected chi connectivity index (χ4v) is 2.22. The summed E-state index contributed by atoms with van der Waals surface area (Å²) in [4.78, 5) is 7.81. The van der Waals surface area contributed by atoms with Crippen LogP contribution in [0.4, 0.5) is 23.3 Å². The lowest BCUT2D eigenvalue weighted by Crippen LogP contribution is -2.08. The Morgan fingerprint density at radius 3 is 2.05 bits per heavy atom. The van der Waals surface area contributed by atoms with Crippen LogP contribution in [0.3, 0.4) is 0 Å². The van der Waals surface area contributed by atoms with Gasteiger partial charge in [-0.2, -0.15) is 9.97 Å². The van der Waals surface area contributed by atoms with Crippen LogP contribution >= 0.6 is 0 Å². The summed E-state index contributed by atoms with van der Waals surface area (Å²) in [6.45, 7) is 0. The number of nitrogen functional groups attached to an aromatic ring is 3. The molecule has 0 bridgehead atoms. The molecule has 0 fully saturated rings. The van der Waals surface area contributed by atoms with Gasteiger partial charge in [0.25, 0.3) is 0 Å². The summed E-state index contributed by atoms with van der Waals surface area (Å²) in [5.74, 6) is 0.732. The molecule has 7 N–H and O–H groups in total. The van der Waals surface area contributed by atoms with Crippen molar-refractivity contribution in [3.05, 3.63) is 40.6 Å². The number of rotatable bonds is 6. The van der Waals surface area contributed by atoms with Gasteiger partial charge in [-0.25, -0.2) is 0 Å². The monoisotopic (exact) mass is 303 g/mol. The molecule has 8 heteroatoms. The first-order valence-electron chi connectivity index (χ1n) is 6.90. The van der Waals surface area contributed by atoms with Crippen molar-refractivity contribution in [2.24, 2.45) is 0 Å². The van der Waals surface area contributed by atoms with Crippen molar-refractivity contribution < 1.29 is 5.21 Å². The van der Waals surface area contributed by atoms with E-state index in [0.29, 0.717) is 18.1 Å². The molecule has 0 atom stereocenters. The van der Waals surface area contributed by atoms with Crippen LogP contribution in [0.15, 0.2) is 24.3 Å². The quantitative estimate of drug-likeness (QED) is 0.462. The summed E-state index contributed by atoms with van der Waals surface area (Å²) >= 11 is 0. The van der Waals surface area contributed by atoms with Crippen molar-refractivity contribution >= 4 is 23.3 Å². The van der Waals surface area contributed by atoms with Crippen LogP contribution in [0.25, 0.3) is 0 Å². The molecular weight excluding hydrogens is 284 g/mol. The number of hydrogen-bond acceptors (Lipinski definition) is 8. The van der Waals surface area contributed by atoms with Crippen LogP contribution in [0.5, 0.6) is 0 Å². The lowest BCUT2D eigenvalue weighted by atomic mass is 10.0. The molecule has 1 heterocycles. The normalized spacial score (nSPS) is 10.6. The molecule has 0 spiro atoms. The molecule has 0 aliphatic heterocycles. The zero-order valence-electron chi connectivity index (χ0n) is 12.1. The van der Waals surface area contributed by atoms with E-state index >= 15 is 0 Å². The maximum Gasteiger partial charge on any atom is 0.223 e. The molecule has 1 aromatic heterocycles. The average molecular weight is 303 g/mol. The van der Waals surface area contributed by atoms with E-state index in [9.17, 15) is 5.21 Å². The van der Waals surface area contributed by atoms with E-state index in [1.54, 1.807) is 12.1 Å². The van der Waals surface area contributed by atoms with Crippen LogP contribution in [-0.4, -0.2) is 15.2 Å². The molecule has 0 saturated carbocycles. The van der Waals surface area contributed by atoms with Crippen molar-refractivity contribution in [3.8, 4) is 0 Å². The van der Waals surface area contributed by atoms with Crippen molar-refractivity contribution in [1.82, 2.24) is 9.97 Å². The van der Waals surface area contributed by atoms with Gasteiger partial charge in [0.15, 0.2) is 0 Å². The lowest BCUT2D eigenvalue weighted by Gasteiger charge is -2.21. The number of aromatic nitrogens is 2. The highest BCUT2D eigenvalue weighted by atomic mass is 16.8. The second-order valence-corrected chi connectivity index (χ2v) is 4.98. The van der Waals surface area contributed by atoms with Crippen LogP contribution in [0.1, 0.15) is 24.0 Å². The molecule has 118 valence electrons. The fourth-order valence-electron chi connectivity index (χ4n) is 2.22. The van der Waals surface area contributed by atoms with Crippen LogP contribution < -0.4 is 22.4 Å². The first-order chi connectivity index (χ1) is 10.5. The summed E-state index contributed by atoms with van der Waals surface area (Å²) in [5, 5.41) is 19.3. The Morgan fingerprint density at radius 1 is 0.955 bits per heavy atom. The number of nitrogens with zero attached hydrogens (tertiary/aromatic N) is 3. The van der Waals surface area contributed by atoms with Crippen molar-refractivity contribution in [2.45, 2.75) is 25.7 Å². The topological polar surface area (TPSA) is 150 Å². The first-order valence-corrected chi connectivity index (χ1v) is 6.90. The molecule has 2 aromatic rings. The minimum absolute atomic E-state index is 0.0788. The summed E-state index contributed by atoms with van der Waals surface area (Å²) in [5.41, 5.74) is 19.1. The third-order valence-corrected chi connectivity index (χ3v) is 3.39. The number of nitrogens with two attached hydrogens (primary N) is 3. The molecule has 22 heavy (non-hydrogen) atoms. The summed E-state index contributed by atoms with van der Waals surface area (Å²) < 4.78 is 0. The van der Waals surface area contributed by atoms with Crippen LogP contribution in [-0.2, 0) is 12.8 Å². The van der Waals surface area contributed by atoms with Gasteiger partial charge >= 0.3 is 0 Å². The Labute approximate surface area is 128 Å². The highest BCUT2D eigenvalue weighted by Gasteiger charge is 2.08. The number of anilines is 4. The maximum absolute atomic E-state index is 10.7. The molecule has 0 amide bonds. The Hall–Kier alpha value is -2.58. The van der Waals surface area contributed by atoms with Crippen LogP contribution in [0, 0.1) is 5.21 Å². The van der Waals surface area contributed by atoms with Gasteiger partial charge in [0.1, 0.15) is 11.6 Å². The number of unbranched alkanes of at least 4 members (excludes halogenated alkanes) is 1. The lowest BCUT2D eigenvalue weighted by molar-refractivity contribution is 0.296. The number of benzene rings is 1. The van der Waals surface area contributed by atoms with Crippen molar-refractivity contribution in [3.63, 3.8) is 0 Å². The summed E-state index contributed by atoms with van der Waals surface area (Å²) in [6, 6.07) is 6.77. The zero-order valence-corrected chi connectivity index (χ0v) is 12.1. The van der Waals surface area contributed by atoms with Gasteiger partial charge in [-0.3, -0.25) is 5.21 Å².